The van der Waals surface area contributed by atoms with E-state index in [0.29, 0.717) is 10.1 Å². The van der Waals surface area contributed by atoms with Gasteiger partial charge in [-0.3, -0.25) is 10.9 Å². The van der Waals surface area contributed by atoms with Gasteiger partial charge in [-0.25, -0.2) is 0 Å². The Bertz CT molecular complexity index is 628. The summed E-state index contributed by atoms with van der Waals surface area (Å²) in [6.07, 6.45) is 0. The largest absolute Gasteiger partial charge is 0.331 e. The first-order valence-corrected chi connectivity index (χ1v) is 6.99. The maximum atomic E-state index is 6.05. The highest BCUT2D eigenvalue weighted by atomic mass is 35.5. The molecule has 3 nitrogen and oxygen atoms in total. The lowest BCUT2D eigenvalue weighted by molar-refractivity contribution is 1.14. The van der Waals surface area contributed by atoms with E-state index < -0.39 is 0 Å². The van der Waals surface area contributed by atoms with Crippen LogP contribution in [0.5, 0.6) is 0 Å². The molecular formula is C15H16ClN3S. The molecular weight excluding hydrogens is 290 g/mol. The molecule has 0 saturated heterocycles. The summed E-state index contributed by atoms with van der Waals surface area (Å²) >= 11 is 11.3. The molecule has 0 aliphatic carbocycles. The fraction of sp³-hybridized carbons (Fsp3) is 0.133. The van der Waals surface area contributed by atoms with Crippen LogP contribution in [0.1, 0.15) is 11.1 Å². The lowest BCUT2D eigenvalue weighted by Gasteiger charge is -2.15. The third kappa shape index (κ3) is 3.85. The van der Waals surface area contributed by atoms with Crippen LogP contribution < -0.4 is 16.2 Å². The molecule has 2 rings (SSSR count). The lowest BCUT2D eigenvalue weighted by Crippen LogP contribution is -2.33. The average molecular weight is 306 g/mol. The van der Waals surface area contributed by atoms with Crippen molar-refractivity contribution in [2.24, 2.45) is 0 Å². The van der Waals surface area contributed by atoms with Gasteiger partial charge in [-0.2, -0.15) is 0 Å². The van der Waals surface area contributed by atoms with E-state index >= 15 is 0 Å². The average Bonchev–Trinajstić information content (AvgIpc) is 2.42. The zero-order valence-electron chi connectivity index (χ0n) is 11.3. The molecule has 0 aromatic heterocycles. The van der Waals surface area contributed by atoms with Gasteiger partial charge in [0.2, 0.25) is 0 Å². The Kier molecular flexibility index (Phi) is 4.82. The van der Waals surface area contributed by atoms with Crippen LogP contribution >= 0.6 is 23.8 Å². The summed E-state index contributed by atoms with van der Waals surface area (Å²) in [5.41, 5.74) is 9.99. The van der Waals surface area contributed by atoms with Gasteiger partial charge in [-0.1, -0.05) is 35.9 Å². The highest BCUT2D eigenvalue weighted by molar-refractivity contribution is 7.80. The Labute approximate surface area is 129 Å². The molecule has 0 fully saturated rings. The predicted molar refractivity (Wildman–Crippen MR) is 90.3 cm³/mol. The number of rotatable bonds is 3. The summed E-state index contributed by atoms with van der Waals surface area (Å²) in [5, 5.41) is 4.27. The van der Waals surface area contributed by atoms with Crippen molar-refractivity contribution in [3.8, 4) is 0 Å². The molecule has 0 aliphatic heterocycles. The first-order chi connectivity index (χ1) is 9.56. The van der Waals surface area contributed by atoms with Crippen LogP contribution in [0, 0.1) is 13.8 Å². The van der Waals surface area contributed by atoms with Crippen LogP contribution in [0.25, 0.3) is 0 Å². The molecule has 0 amide bonds. The monoisotopic (exact) mass is 305 g/mol. The van der Waals surface area contributed by atoms with Crippen LogP contribution in [0.4, 0.5) is 11.4 Å². The highest BCUT2D eigenvalue weighted by Gasteiger charge is 2.02. The molecule has 0 saturated carbocycles. The Hall–Kier alpha value is -1.78. The highest BCUT2D eigenvalue weighted by Crippen LogP contribution is 2.19. The molecule has 2 aromatic carbocycles. The maximum Gasteiger partial charge on any atom is 0.189 e. The normalized spacial score (nSPS) is 9.95. The van der Waals surface area contributed by atoms with Crippen LogP contribution in [0.15, 0.2) is 42.5 Å². The smallest absolute Gasteiger partial charge is 0.189 e. The second-order valence-corrected chi connectivity index (χ2v) is 5.32. The third-order valence-electron chi connectivity index (χ3n) is 2.83. The molecule has 3 N–H and O–H groups in total. The molecule has 104 valence electrons. The van der Waals surface area contributed by atoms with E-state index in [1.54, 1.807) is 0 Å². The number of hydrogen-bond acceptors (Lipinski definition) is 2. The Morgan fingerprint density at radius 1 is 1.05 bits per heavy atom. The molecule has 0 heterocycles. The Morgan fingerprint density at radius 2 is 1.80 bits per heavy atom. The second-order valence-electron chi connectivity index (χ2n) is 4.50. The number of nitrogens with one attached hydrogen (secondary N) is 3. The van der Waals surface area contributed by atoms with Crippen molar-refractivity contribution in [2.75, 3.05) is 10.7 Å². The topological polar surface area (TPSA) is 36.1 Å². The number of hydrogen-bond donors (Lipinski definition) is 3. The zero-order valence-corrected chi connectivity index (χ0v) is 12.9. The minimum Gasteiger partial charge on any atom is -0.331 e. The van der Waals surface area contributed by atoms with E-state index in [9.17, 15) is 0 Å². The Balaban J connectivity index is 1.96. The van der Waals surface area contributed by atoms with Crippen LogP contribution in [0.2, 0.25) is 5.02 Å². The summed E-state index contributed by atoms with van der Waals surface area (Å²) in [5.74, 6) is 0. The molecule has 0 atom stereocenters. The number of para-hydroxylation sites is 1. The van der Waals surface area contributed by atoms with Gasteiger partial charge >= 0.3 is 0 Å². The van der Waals surface area contributed by atoms with Crippen LogP contribution in [-0.4, -0.2) is 5.11 Å². The van der Waals surface area contributed by atoms with Gasteiger partial charge in [0.05, 0.1) is 10.7 Å². The number of hydrazine groups is 1. The fourth-order valence-electron chi connectivity index (χ4n) is 1.71. The van der Waals surface area contributed by atoms with E-state index in [2.05, 4.69) is 34.4 Å². The van der Waals surface area contributed by atoms with Crippen molar-refractivity contribution < 1.29 is 0 Å². The van der Waals surface area contributed by atoms with Crippen molar-refractivity contribution in [1.82, 2.24) is 5.43 Å². The van der Waals surface area contributed by atoms with E-state index in [1.807, 2.05) is 38.1 Å². The quantitative estimate of drug-likeness (QED) is 0.584. The summed E-state index contributed by atoms with van der Waals surface area (Å²) in [6.45, 7) is 4.08. The van der Waals surface area contributed by atoms with Gasteiger partial charge in [0.15, 0.2) is 5.11 Å². The number of benzene rings is 2. The summed E-state index contributed by atoms with van der Waals surface area (Å²) in [4.78, 5) is 0. The van der Waals surface area contributed by atoms with E-state index in [-0.39, 0.29) is 0 Å². The summed E-state index contributed by atoms with van der Waals surface area (Å²) < 4.78 is 0. The van der Waals surface area contributed by atoms with Gasteiger partial charge in [-0.05, 0) is 55.4 Å². The Morgan fingerprint density at radius 3 is 2.55 bits per heavy atom. The van der Waals surface area contributed by atoms with Crippen LogP contribution in [0.3, 0.4) is 0 Å². The number of aryl methyl sites for hydroxylation is 2. The first-order valence-electron chi connectivity index (χ1n) is 6.21. The molecule has 5 heteroatoms. The molecule has 0 bridgehead atoms. The first kappa shape index (κ1) is 14.6. The number of thiocarbonyl (C=S) groups is 1. The molecule has 0 radical (unpaired) electrons. The second kappa shape index (κ2) is 6.59. The molecule has 0 unspecified atom stereocenters. The van der Waals surface area contributed by atoms with Crippen molar-refractivity contribution in [3.63, 3.8) is 0 Å². The maximum absolute atomic E-state index is 6.05. The van der Waals surface area contributed by atoms with Crippen molar-refractivity contribution >= 4 is 40.3 Å². The standard InChI is InChI=1S/C15H16ClN3S/c1-10-7-8-11(2)14(9-10)17-15(20)19-18-13-6-4-3-5-12(13)16/h3-9,18H,1-2H3,(H2,17,19,20). The van der Waals surface area contributed by atoms with Crippen molar-refractivity contribution in [3.05, 3.63) is 58.6 Å². The van der Waals surface area contributed by atoms with Crippen molar-refractivity contribution in [2.45, 2.75) is 13.8 Å². The summed E-state index contributed by atoms with van der Waals surface area (Å²) in [6, 6.07) is 13.6. The number of anilines is 2. The van der Waals surface area contributed by atoms with Gasteiger partial charge in [-0.15, -0.1) is 0 Å². The van der Waals surface area contributed by atoms with E-state index in [0.717, 1.165) is 16.9 Å². The minimum absolute atomic E-state index is 0.485. The fourth-order valence-corrected chi connectivity index (χ4v) is 2.05. The number of halogens is 1. The van der Waals surface area contributed by atoms with E-state index in [4.69, 9.17) is 23.8 Å². The molecule has 20 heavy (non-hydrogen) atoms. The van der Waals surface area contributed by atoms with Gasteiger partial charge < -0.3 is 5.32 Å². The SMILES string of the molecule is Cc1ccc(C)c(NC(=S)NNc2ccccc2Cl)c1. The van der Waals surface area contributed by atoms with Gasteiger partial charge in [0.1, 0.15) is 0 Å². The molecule has 0 spiro atoms. The van der Waals surface area contributed by atoms with Crippen molar-refractivity contribution in [1.29, 1.82) is 0 Å². The van der Waals surface area contributed by atoms with E-state index in [1.165, 1.54) is 5.56 Å². The molecule has 2 aromatic rings. The summed E-state index contributed by atoms with van der Waals surface area (Å²) in [7, 11) is 0. The third-order valence-corrected chi connectivity index (χ3v) is 3.36. The van der Waals surface area contributed by atoms with Crippen LogP contribution in [-0.2, 0) is 0 Å². The lowest BCUT2D eigenvalue weighted by atomic mass is 10.1. The van der Waals surface area contributed by atoms with Gasteiger partial charge in [0, 0.05) is 5.69 Å². The zero-order chi connectivity index (χ0) is 14.5. The predicted octanol–water partition coefficient (Wildman–Crippen LogP) is 4.27. The minimum atomic E-state index is 0.485. The van der Waals surface area contributed by atoms with Gasteiger partial charge in [0.25, 0.3) is 0 Å². The molecule has 0 aliphatic rings.